The van der Waals surface area contributed by atoms with Crippen molar-refractivity contribution in [2.45, 2.75) is 50.9 Å². The summed E-state index contributed by atoms with van der Waals surface area (Å²) in [6.45, 7) is 3.32. The standard InChI is InChI=1S/C12H21F3N2O2/c1-9(18)8-10-4-2-6-17(10)7-3-5-16-11(19)12(13,14)15/h9-10,18H,2-8H2,1H3,(H,16,19). The normalized spacial score (nSPS) is 22.5. The zero-order chi connectivity index (χ0) is 14.5. The second-order valence-corrected chi connectivity index (χ2v) is 5.02. The van der Waals surface area contributed by atoms with E-state index in [-0.39, 0.29) is 12.6 Å². The second-order valence-electron chi connectivity index (χ2n) is 5.02. The molecule has 0 aromatic carbocycles. The van der Waals surface area contributed by atoms with Crippen LogP contribution < -0.4 is 5.32 Å². The fourth-order valence-electron chi connectivity index (χ4n) is 2.43. The molecule has 1 aliphatic rings. The summed E-state index contributed by atoms with van der Waals surface area (Å²) in [6.07, 6.45) is -1.93. The first-order chi connectivity index (χ1) is 8.80. The van der Waals surface area contributed by atoms with Crippen LogP contribution in [0, 0.1) is 0 Å². The average Bonchev–Trinajstić information content (AvgIpc) is 2.69. The molecular weight excluding hydrogens is 261 g/mol. The summed E-state index contributed by atoms with van der Waals surface area (Å²) in [6, 6.07) is 0.304. The fourth-order valence-corrected chi connectivity index (χ4v) is 2.43. The van der Waals surface area contributed by atoms with Crippen molar-refractivity contribution in [3.05, 3.63) is 0 Å². The first kappa shape index (κ1) is 16.2. The predicted molar refractivity (Wildman–Crippen MR) is 64.6 cm³/mol. The molecule has 0 aromatic rings. The third-order valence-corrected chi connectivity index (χ3v) is 3.28. The van der Waals surface area contributed by atoms with E-state index in [9.17, 15) is 23.1 Å². The maximum Gasteiger partial charge on any atom is 0.471 e. The van der Waals surface area contributed by atoms with E-state index in [2.05, 4.69) is 4.90 Å². The van der Waals surface area contributed by atoms with E-state index in [1.807, 2.05) is 5.32 Å². The molecule has 2 unspecified atom stereocenters. The van der Waals surface area contributed by atoms with Crippen molar-refractivity contribution >= 4 is 5.91 Å². The number of alkyl halides is 3. The van der Waals surface area contributed by atoms with E-state index < -0.39 is 12.1 Å². The number of hydrogen-bond donors (Lipinski definition) is 2. The molecule has 1 rings (SSSR count). The maximum atomic E-state index is 11.9. The topological polar surface area (TPSA) is 52.6 Å². The summed E-state index contributed by atoms with van der Waals surface area (Å²) < 4.78 is 35.8. The molecular formula is C12H21F3N2O2. The van der Waals surface area contributed by atoms with Crippen molar-refractivity contribution < 1.29 is 23.1 Å². The van der Waals surface area contributed by atoms with Gasteiger partial charge in [-0.25, -0.2) is 0 Å². The van der Waals surface area contributed by atoms with Crippen LogP contribution in [0.15, 0.2) is 0 Å². The highest BCUT2D eigenvalue weighted by atomic mass is 19.4. The molecule has 0 radical (unpaired) electrons. The molecule has 1 fully saturated rings. The Balaban J connectivity index is 2.20. The minimum absolute atomic E-state index is 0.0240. The molecule has 7 heteroatoms. The summed E-state index contributed by atoms with van der Waals surface area (Å²) in [7, 11) is 0. The highest BCUT2D eigenvalue weighted by molar-refractivity contribution is 5.81. The molecule has 1 saturated heterocycles. The Morgan fingerprint density at radius 2 is 2.21 bits per heavy atom. The Morgan fingerprint density at radius 1 is 1.53 bits per heavy atom. The quantitative estimate of drug-likeness (QED) is 0.722. The van der Waals surface area contributed by atoms with E-state index >= 15 is 0 Å². The summed E-state index contributed by atoms with van der Waals surface area (Å²) in [5, 5.41) is 11.2. The summed E-state index contributed by atoms with van der Waals surface area (Å²) in [5.41, 5.74) is 0. The van der Waals surface area contributed by atoms with Gasteiger partial charge in [0.05, 0.1) is 6.10 Å². The molecule has 0 aliphatic carbocycles. The molecule has 0 spiro atoms. The lowest BCUT2D eigenvalue weighted by molar-refractivity contribution is -0.173. The Morgan fingerprint density at radius 3 is 2.79 bits per heavy atom. The van der Waals surface area contributed by atoms with E-state index in [1.165, 1.54) is 0 Å². The Labute approximate surface area is 111 Å². The molecule has 1 heterocycles. The third kappa shape index (κ3) is 5.78. The number of likely N-dealkylation sites (tertiary alicyclic amines) is 1. The number of amides is 1. The zero-order valence-corrected chi connectivity index (χ0v) is 11.0. The van der Waals surface area contributed by atoms with E-state index in [1.54, 1.807) is 6.92 Å². The number of rotatable bonds is 6. The number of nitrogens with zero attached hydrogens (tertiary/aromatic N) is 1. The molecule has 2 N–H and O–H groups in total. The van der Waals surface area contributed by atoms with Crippen LogP contribution in [0.1, 0.15) is 32.6 Å². The fraction of sp³-hybridized carbons (Fsp3) is 0.917. The van der Waals surface area contributed by atoms with Crippen LogP contribution in [0.3, 0.4) is 0 Å². The number of aliphatic hydroxyl groups excluding tert-OH is 1. The highest BCUT2D eigenvalue weighted by Gasteiger charge is 2.38. The molecule has 2 atom stereocenters. The van der Waals surface area contributed by atoms with Gasteiger partial charge >= 0.3 is 12.1 Å². The first-order valence-electron chi connectivity index (χ1n) is 6.58. The van der Waals surface area contributed by atoms with E-state index in [0.29, 0.717) is 25.4 Å². The van der Waals surface area contributed by atoms with Crippen LogP contribution in [0.4, 0.5) is 13.2 Å². The zero-order valence-electron chi connectivity index (χ0n) is 11.0. The summed E-state index contributed by atoms with van der Waals surface area (Å²) in [5.74, 6) is -1.88. The first-order valence-corrected chi connectivity index (χ1v) is 6.58. The SMILES string of the molecule is CC(O)CC1CCCN1CCCNC(=O)C(F)(F)F. The van der Waals surface area contributed by atoms with Crippen molar-refractivity contribution in [3.63, 3.8) is 0 Å². The number of aliphatic hydroxyl groups is 1. The van der Waals surface area contributed by atoms with Gasteiger partial charge in [0.15, 0.2) is 0 Å². The molecule has 112 valence electrons. The van der Waals surface area contributed by atoms with Gasteiger partial charge in [-0.1, -0.05) is 0 Å². The van der Waals surface area contributed by atoms with Crippen molar-refractivity contribution in [1.29, 1.82) is 0 Å². The van der Waals surface area contributed by atoms with Gasteiger partial charge in [-0.15, -0.1) is 0 Å². The largest absolute Gasteiger partial charge is 0.471 e. The molecule has 1 amide bonds. The number of nitrogens with one attached hydrogen (secondary N) is 1. The summed E-state index contributed by atoms with van der Waals surface area (Å²) >= 11 is 0. The Bertz CT molecular complexity index is 295. The predicted octanol–water partition coefficient (Wildman–Crippen LogP) is 1.29. The molecule has 0 saturated carbocycles. The van der Waals surface area contributed by atoms with Gasteiger partial charge in [0, 0.05) is 19.1 Å². The molecule has 0 bridgehead atoms. The van der Waals surface area contributed by atoms with Gasteiger partial charge < -0.3 is 15.3 Å². The van der Waals surface area contributed by atoms with Crippen LogP contribution in [0.25, 0.3) is 0 Å². The molecule has 4 nitrogen and oxygen atoms in total. The molecule has 19 heavy (non-hydrogen) atoms. The van der Waals surface area contributed by atoms with Gasteiger partial charge in [0.2, 0.25) is 0 Å². The number of halogens is 3. The Hall–Kier alpha value is -0.820. The minimum Gasteiger partial charge on any atom is -0.393 e. The highest BCUT2D eigenvalue weighted by Crippen LogP contribution is 2.21. The van der Waals surface area contributed by atoms with Crippen LogP contribution in [0.2, 0.25) is 0 Å². The lowest BCUT2D eigenvalue weighted by Crippen LogP contribution is -2.39. The van der Waals surface area contributed by atoms with Gasteiger partial charge in [0.1, 0.15) is 0 Å². The van der Waals surface area contributed by atoms with Crippen molar-refractivity contribution in [2.75, 3.05) is 19.6 Å². The van der Waals surface area contributed by atoms with Crippen molar-refractivity contribution in [1.82, 2.24) is 10.2 Å². The Kier molecular flexibility index (Phi) is 6.06. The summed E-state index contributed by atoms with van der Waals surface area (Å²) in [4.78, 5) is 12.8. The van der Waals surface area contributed by atoms with Crippen LogP contribution >= 0.6 is 0 Å². The smallest absolute Gasteiger partial charge is 0.393 e. The minimum atomic E-state index is -4.80. The number of carbonyl (C=O) groups is 1. The van der Waals surface area contributed by atoms with Gasteiger partial charge in [-0.05, 0) is 39.2 Å². The number of hydrogen-bond acceptors (Lipinski definition) is 3. The second kappa shape index (κ2) is 7.09. The maximum absolute atomic E-state index is 11.9. The van der Waals surface area contributed by atoms with Crippen molar-refractivity contribution in [2.24, 2.45) is 0 Å². The van der Waals surface area contributed by atoms with E-state index in [0.717, 1.165) is 19.4 Å². The monoisotopic (exact) mass is 282 g/mol. The third-order valence-electron chi connectivity index (χ3n) is 3.28. The van der Waals surface area contributed by atoms with Crippen molar-refractivity contribution in [3.8, 4) is 0 Å². The van der Waals surface area contributed by atoms with Crippen LogP contribution in [-0.4, -0.2) is 53.9 Å². The van der Waals surface area contributed by atoms with Gasteiger partial charge in [-0.3, -0.25) is 4.79 Å². The average molecular weight is 282 g/mol. The van der Waals surface area contributed by atoms with E-state index in [4.69, 9.17) is 0 Å². The van der Waals surface area contributed by atoms with Gasteiger partial charge in [0.25, 0.3) is 0 Å². The van der Waals surface area contributed by atoms with Gasteiger partial charge in [-0.2, -0.15) is 13.2 Å². The van der Waals surface area contributed by atoms with Crippen LogP contribution in [0.5, 0.6) is 0 Å². The lowest BCUT2D eigenvalue weighted by Gasteiger charge is -2.25. The number of carbonyl (C=O) groups excluding carboxylic acids is 1. The lowest BCUT2D eigenvalue weighted by atomic mass is 10.1. The van der Waals surface area contributed by atoms with Crippen LogP contribution in [-0.2, 0) is 4.79 Å². The molecule has 0 aromatic heterocycles. The molecule has 1 aliphatic heterocycles.